The van der Waals surface area contributed by atoms with Crippen LogP contribution in [0.25, 0.3) is 0 Å². The van der Waals surface area contributed by atoms with Gasteiger partial charge in [0.1, 0.15) is 0 Å². The molecular weight excluding hydrogens is 754 g/mol. The van der Waals surface area contributed by atoms with E-state index >= 15 is 0 Å². The molecule has 6 rings (SSSR count). The minimum Gasteiger partial charge on any atom is -0.450 e. The Morgan fingerprint density at radius 2 is 0.596 bits per heavy atom. The Bertz CT molecular complexity index is 1130. The topological polar surface area (TPSA) is 199 Å². The number of benzene rings is 3. The van der Waals surface area contributed by atoms with Crippen molar-refractivity contribution < 1.29 is 59.5 Å². The summed E-state index contributed by atoms with van der Waals surface area (Å²) in [6.07, 6.45) is -1.83. The van der Waals surface area contributed by atoms with Crippen molar-refractivity contribution in [2.45, 2.75) is 39.3 Å². The van der Waals surface area contributed by atoms with E-state index < -0.39 is 6.16 Å². The molecule has 0 saturated heterocycles. The summed E-state index contributed by atoms with van der Waals surface area (Å²) in [5.74, 6) is 0. The molecule has 12 N–H and O–H groups in total. The van der Waals surface area contributed by atoms with Gasteiger partial charge in [0.25, 0.3) is 0 Å². The van der Waals surface area contributed by atoms with Gasteiger partial charge in [-0.3, -0.25) is 9.80 Å². The molecule has 3 aromatic rings. The van der Waals surface area contributed by atoms with E-state index in [-0.39, 0.29) is 44.5 Å². The van der Waals surface area contributed by atoms with E-state index in [9.17, 15) is 0 Å². The third kappa shape index (κ3) is 21.3. The van der Waals surface area contributed by atoms with E-state index in [0.717, 1.165) is 118 Å². The summed E-state index contributed by atoms with van der Waals surface area (Å²) in [5, 5.41) is 36.2. The van der Waals surface area contributed by atoms with Gasteiger partial charge in [-0.2, -0.15) is 0 Å². The average molecular weight is 815 g/mol. The SMILES string of the molecule is O.O.O=C(O)O.[Co].[Co].c1cc2cc(c1)CNCCN1CCNCc3cccc(c3)CNCCN(CCNC2)CCNCc2cccc(c2)CNCC1. The first-order valence-electron chi connectivity index (χ1n) is 17.4. The summed E-state index contributed by atoms with van der Waals surface area (Å²) in [6, 6.07) is 27.0. The minimum atomic E-state index is -1.83. The third-order valence-corrected chi connectivity index (χ3v) is 8.58. The largest absolute Gasteiger partial charge is 0.503 e. The maximum absolute atomic E-state index is 8.56. The molecule has 15 heteroatoms. The van der Waals surface area contributed by atoms with Crippen molar-refractivity contribution in [3.05, 3.63) is 106 Å². The number of carboxylic acid groups (broad SMARTS) is 2. The van der Waals surface area contributed by atoms with Gasteiger partial charge in [-0.25, -0.2) is 4.79 Å². The first kappa shape index (κ1) is 49.5. The summed E-state index contributed by atoms with van der Waals surface area (Å²) in [7, 11) is 0. The zero-order chi connectivity index (χ0) is 33.7. The Kier molecular flexibility index (Phi) is 28.5. The first-order chi connectivity index (χ1) is 23.5. The van der Waals surface area contributed by atoms with E-state index in [0.29, 0.717) is 0 Å². The number of fused-ring (bicyclic) bond motifs is 18. The molecule has 0 atom stereocenters. The van der Waals surface area contributed by atoms with Crippen LogP contribution in [0.5, 0.6) is 0 Å². The number of hydrogen-bond acceptors (Lipinski definition) is 9. The molecule has 0 fully saturated rings. The minimum absolute atomic E-state index is 0. The van der Waals surface area contributed by atoms with Gasteiger partial charge in [0, 0.05) is 151 Å². The molecule has 0 aliphatic carbocycles. The molecule has 0 aromatic heterocycles. The van der Waals surface area contributed by atoms with Crippen LogP contribution in [0, 0.1) is 0 Å². The fourth-order valence-electron chi connectivity index (χ4n) is 6.04. The van der Waals surface area contributed by atoms with Crippen LogP contribution in [0.15, 0.2) is 72.8 Å². The molecule has 0 unspecified atom stereocenters. The number of nitrogens with one attached hydrogen (secondary N) is 6. The molecule has 0 spiro atoms. The molecule has 0 saturated carbocycles. The van der Waals surface area contributed by atoms with Gasteiger partial charge in [-0.05, 0) is 33.4 Å². The summed E-state index contributed by atoms with van der Waals surface area (Å²) in [5.41, 5.74) is 8.12. The van der Waals surface area contributed by atoms with Crippen molar-refractivity contribution in [2.75, 3.05) is 78.5 Å². The smallest absolute Gasteiger partial charge is 0.450 e. The Morgan fingerprint density at radius 1 is 0.423 bits per heavy atom. The molecule has 296 valence electrons. The molecule has 3 heterocycles. The maximum Gasteiger partial charge on any atom is 0.503 e. The van der Waals surface area contributed by atoms with Crippen molar-refractivity contribution in [3.8, 4) is 0 Å². The molecule has 3 aliphatic rings. The fraction of sp³-hybridized carbons (Fsp3) is 0.486. The Morgan fingerprint density at radius 3 is 0.769 bits per heavy atom. The standard InChI is InChI=1S/C36H54N8.CH2O3.2Co.2H2O/c1-4-31-22-32(5-1)26-38-11-17-44-19-13-40-28-34-7-2-6-33(23-34)27-39-12-18-43(16-10-37-25-31)20-14-41-29-35-8-3-9-36(24-35)30-42-15-21-44;2-1(3)4;;;;/h1-9,22-24,37-42H,10-21,25-30H2;(H2,2,3,4);;;2*1H2. The summed E-state index contributed by atoms with van der Waals surface area (Å²) < 4.78 is 0. The van der Waals surface area contributed by atoms with Crippen LogP contribution in [0.4, 0.5) is 4.79 Å². The van der Waals surface area contributed by atoms with E-state index in [1.165, 1.54) is 33.4 Å². The average Bonchev–Trinajstić information content (AvgIpc) is 3.08. The molecular formula is C37H60Co2N8O5. The molecule has 3 aromatic carbocycles. The van der Waals surface area contributed by atoms with Gasteiger partial charge in [-0.15, -0.1) is 0 Å². The Balaban J connectivity index is 0.00000309. The number of hydrogen-bond donors (Lipinski definition) is 8. The van der Waals surface area contributed by atoms with E-state index in [2.05, 4.69) is 114 Å². The molecule has 8 bridgehead atoms. The van der Waals surface area contributed by atoms with Crippen LogP contribution in [-0.4, -0.2) is 116 Å². The quantitative estimate of drug-likeness (QED) is 0.160. The zero-order valence-electron chi connectivity index (χ0n) is 30.0. The third-order valence-electron chi connectivity index (χ3n) is 8.58. The van der Waals surface area contributed by atoms with Gasteiger partial charge < -0.3 is 53.1 Å². The van der Waals surface area contributed by atoms with Crippen molar-refractivity contribution in [1.29, 1.82) is 0 Å². The Hall–Kier alpha value is -2.46. The second-order valence-electron chi connectivity index (χ2n) is 12.5. The van der Waals surface area contributed by atoms with Crippen LogP contribution < -0.4 is 31.9 Å². The normalized spacial score (nSPS) is 19.6. The second kappa shape index (κ2) is 29.9. The van der Waals surface area contributed by atoms with Crippen LogP contribution >= 0.6 is 0 Å². The Labute approximate surface area is 330 Å². The molecule has 13 nitrogen and oxygen atoms in total. The van der Waals surface area contributed by atoms with Gasteiger partial charge in [0.2, 0.25) is 0 Å². The maximum atomic E-state index is 8.56. The van der Waals surface area contributed by atoms with Crippen LogP contribution in [-0.2, 0) is 72.8 Å². The predicted octanol–water partition coefficient (Wildman–Crippen LogP) is 0.824. The molecule has 52 heavy (non-hydrogen) atoms. The van der Waals surface area contributed by atoms with Crippen LogP contribution in [0.3, 0.4) is 0 Å². The van der Waals surface area contributed by atoms with Crippen molar-refractivity contribution in [3.63, 3.8) is 0 Å². The monoisotopic (exact) mass is 814 g/mol. The number of nitrogens with zero attached hydrogens (tertiary/aromatic N) is 2. The first-order valence-corrected chi connectivity index (χ1v) is 17.4. The van der Waals surface area contributed by atoms with Gasteiger partial charge >= 0.3 is 6.16 Å². The number of carbonyl (C=O) groups is 1. The molecule has 2 radical (unpaired) electrons. The molecule has 0 amide bonds. The van der Waals surface area contributed by atoms with Gasteiger partial charge in [0.05, 0.1) is 0 Å². The zero-order valence-corrected chi connectivity index (χ0v) is 32.1. The van der Waals surface area contributed by atoms with Crippen LogP contribution in [0.1, 0.15) is 33.4 Å². The summed E-state index contributed by atoms with van der Waals surface area (Å²) in [4.78, 5) is 13.7. The van der Waals surface area contributed by atoms with Crippen molar-refractivity contribution in [1.82, 2.24) is 41.7 Å². The fourth-order valence-corrected chi connectivity index (χ4v) is 6.04. The second-order valence-corrected chi connectivity index (χ2v) is 12.5. The number of rotatable bonds is 0. The van der Waals surface area contributed by atoms with Crippen molar-refractivity contribution >= 4 is 6.16 Å². The van der Waals surface area contributed by atoms with Crippen molar-refractivity contribution in [2.24, 2.45) is 0 Å². The summed E-state index contributed by atoms with van der Waals surface area (Å²) in [6.45, 7) is 17.4. The predicted molar refractivity (Wildman–Crippen MR) is 200 cm³/mol. The molecule has 3 aliphatic heterocycles. The van der Waals surface area contributed by atoms with E-state index in [1.54, 1.807) is 0 Å². The van der Waals surface area contributed by atoms with Crippen LogP contribution in [0.2, 0.25) is 0 Å². The van der Waals surface area contributed by atoms with E-state index in [1.807, 2.05) is 0 Å². The van der Waals surface area contributed by atoms with Gasteiger partial charge in [0.15, 0.2) is 0 Å². The van der Waals surface area contributed by atoms with Gasteiger partial charge in [-0.1, -0.05) is 72.8 Å². The summed E-state index contributed by atoms with van der Waals surface area (Å²) >= 11 is 0. The van der Waals surface area contributed by atoms with E-state index in [4.69, 9.17) is 15.0 Å².